The maximum absolute atomic E-state index is 10.9. The van der Waals surface area contributed by atoms with Crippen molar-refractivity contribution in [3.63, 3.8) is 0 Å². The van der Waals surface area contributed by atoms with Crippen molar-refractivity contribution >= 4 is 11.5 Å². The van der Waals surface area contributed by atoms with E-state index in [-0.39, 0.29) is 17.2 Å². The van der Waals surface area contributed by atoms with Gasteiger partial charge in [-0.3, -0.25) is 4.79 Å². The molecule has 1 aromatic rings. The van der Waals surface area contributed by atoms with Crippen LogP contribution in [0.25, 0.3) is 0 Å². The number of anilines is 1. The summed E-state index contributed by atoms with van der Waals surface area (Å²) >= 11 is 0. The van der Waals surface area contributed by atoms with E-state index >= 15 is 0 Å². The summed E-state index contributed by atoms with van der Waals surface area (Å²) < 4.78 is 0. The number of aryl methyl sites for hydroxylation is 1. The number of benzene rings is 1. The van der Waals surface area contributed by atoms with Crippen LogP contribution in [-0.4, -0.2) is 10.9 Å². The van der Waals surface area contributed by atoms with E-state index in [9.17, 15) is 9.90 Å². The van der Waals surface area contributed by atoms with Crippen LogP contribution in [0.1, 0.15) is 22.8 Å². The molecule has 0 unspecified atom stereocenters. The number of carbonyl (C=O) groups excluding carboxylic acids is 1. The fourth-order valence-electron chi connectivity index (χ4n) is 1.02. The Kier molecular flexibility index (Phi) is 2.04. The Morgan fingerprint density at radius 1 is 1.50 bits per heavy atom. The molecule has 0 spiro atoms. The smallest absolute Gasteiger partial charge is 0.162 e. The van der Waals surface area contributed by atoms with Gasteiger partial charge in [0.1, 0.15) is 5.75 Å². The lowest BCUT2D eigenvalue weighted by atomic mass is 10.1. The third-order valence-corrected chi connectivity index (χ3v) is 1.80. The highest BCUT2D eigenvalue weighted by Crippen LogP contribution is 2.27. The largest absolute Gasteiger partial charge is 0.505 e. The first-order valence-electron chi connectivity index (χ1n) is 3.63. The minimum atomic E-state index is -0.136. The van der Waals surface area contributed by atoms with Crippen molar-refractivity contribution in [1.29, 1.82) is 0 Å². The third kappa shape index (κ3) is 1.25. The Bertz CT molecular complexity index is 332. The van der Waals surface area contributed by atoms with Crippen LogP contribution in [0.3, 0.4) is 0 Å². The van der Waals surface area contributed by atoms with E-state index in [1.54, 1.807) is 19.1 Å². The molecule has 12 heavy (non-hydrogen) atoms. The summed E-state index contributed by atoms with van der Waals surface area (Å²) in [6.07, 6.45) is 0. The zero-order valence-corrected chi connectivity index (χ0v) is 7.09. The lowest BCUT2D eigenvalue weighted by molar-refractivity contribution is 0.101. The summed E-state index contributed by atoms with van der Waals surface area (Å²) in [6.45, 7) is 3.15. The number of Topliss-reactive ketones (excluding diaryl/α,β-unsaturated/α-hetero) is 1. The highest BCUT2D eigenvalue weighted by Gasteiger charge is 2.09. The summed E-state index contributed by atoms with van der Waals surface area (Å²) in [5, 5.41) is 9.36. The van der Waals surface area contributed by atoms with Gasteiger partial charge in [-0.05, 0) is 25.5 Å². The molecule has 0 fully saturated rings. The number of rotatable bonds is 1. The van der Waals surface area contributed by atoms with Gasteiger partial charge in [0.2, 0.25) is 0 Å². The second-order valence-electron chi connectivity index (χ2n) is 2.75. The lowest BCUT2D eigenvalue weighted by Crippen LogP contribution is -2.00. The zero-order valence-electron chi connectivity index (χ0n) is 7.09. The molecule has 3 nitrogen and oxygen atoms in total. The summed E-state index contributed by atoms with van der Waals surface area (Å²) in [6, 6.07) is 3.29. The molecule has 1 aromatic carbocycles. The van der Waals surface area contributed by atoms with E-state index in [0.717, 1.165) is 0 Å². The molecule has 0 atom stereocenters. The maximum atomic E-state index is 10.9. The van der Waals surface area contributed by atoms with Gasteiger partial charge in [-0.15, -0.1) is 0 Å². The Morgan fingerprint density at radius 2 is 2.08 bits per heavy atom. The van der Waals surface area contributed by atoms with Crippen molar-refractivity contribution < 1.29 is 9.90 Å². The average Bonchev–Trinajstić information content (AvgIpc) is 2.00. The number of phenolic OH excluding ortho intramolecular Hbond substituents is 1. The van der Waals surface area contributed by atoms with Crippen molar-refractivity contribution in [2.75, 3.05) is 5.73 Å². The summed E-state index contributed by atoms with van der Waals surface area (Å²) in [5.74, 6) is -0.134. The first-order valence-corrected chi connectivity index (χ1v) is 3.63. The summed E-state index contributed by atoms with van der Waals surface area (Å²) in [7, 11) is 0. The van der Waals surface area contributed by atoms with E-state index in [1.165, 1.54) is 6.92 Å². The quantitative estimate of drug-likeness (QED) is 0.376. The van der Waals surface area contributed by atoms with Crippen molar-refractivity contribution in [2.24, 2.45) is 0 Å². The van der Waals surface area contributed by atoms with Gasteiger partial charge < -0.3 is 10.8 Å². The van der Waals surface area contributed by atoms with Crippen LogP contribution in [0.5, 0.6) is 5.75 Å². The van der Waals surface area contributed by atoms with E-state index < -0.39 is 0 Å². The molecule has 0 heterocycles. The SMILES string of the molecule is CC(=O)c1ccc(C)c(O)c1N. The van der Waals surface area contributed by atoms with Crippen LogP contribution in [0.15, 0.2) is 12.1 Å². The number of hydrogen-bond donors (Lipinski definition) is 2. The number of carbonyl (C=O) groups is 1. The van der Waals surface area contributed by atoms with Crippen LogP contribution in [-0.2, 0) is 0 Å². The highest BCUT2D eigenvalue weighted by molar-refractivity contribution is 6.00. The second kappa shape index (κ2) is 2.85. The third-order valence-electron chi connectivity index (χ3n) is 1.80. The number of aromatic hydroxyl groups is 1. The van der Waals surface area contributed by atoms with Gasteiger partial charge in [0.05, 0.1) is 5.69 Å². The fraction of sp³-hybridized carbons (Fsp3) is 0.222. The van der Waals surface area contributed by atoms with E-state index in [2.05, 4.69) is 0 Å². The monoisotopic (exact) mass is 165 g/mol. The average molecular weight is 165 g/mol. The molecule has 0 amide bonds. The number of nitrogens with two attached hydrogens (primary N) is 1. The first kappa shape index (κ1) is 8.59. The Labute approximate surface area is 70.8 Å². The van der Waals surface area contributed by atoms with Gasteiger partial charge in [-0.1, -0.05) is 6.07 Å². The number of phenols is 1. The lowest BCUT2D eigenvalue weighted by Gasteiger charge is -2.05. The van der Waals surface area contributed by atoms with Crippen LogP contribution < -0.4 is 5.73 Å². The van der Waals surface area contributed by atoms with Crippen LogP contribution in [0.2, 0.25) is 0 Å². The number of hydrogen-bond acceptors (Lipinski definition) is 3. The van der Waals surface area contributed by atoms with Crippen molar-refractivity contribution in [3.8, 4) is 5.75 Å². The van der Waals surface area contributed by atoms with Gasteiger partial charge in [0.25, 0.3) is 0 Å². The van der Waals surface area contributed by atoms with E-state index in [0.29, 0.717) is 11.1 Å². The molecule has 0 saturated carbocycles. The molecule has 0 aromatic heterocycles. The van der Waals surface area contributed by atoms with Gasteiger partial charge in [0, 0.05) is 5.56 Å². The Balaban J connectivity index is 3.36. The summed E-state index contributed by atoms with van der Waals surface area (Å²) in [5.41, 5.74) is 6.73. The zero-order chi connectivity index (χ0) is 9.30. The Hall–Kier alpha value is -1.51. The van der Waals surface area contributed by atoms with Crippen LogP contribution in [0, 0.1) is 6.92 Å². The minimum absolute atomic E-state index is 0.00250. The Morgan fingerprint density at radius 3 is 2.58 bits per heavy atom. The van der Waals surface area contributed by atoms with Crippen molar-refractivity contribution in [3.05, 3.63) is 23.3 Å². The predicted molar refractivity (Wildman–Crippen MR) is 47.3 cm³/mol. The molecule has 0 saturated heterocycles. The molecule has 1 rings (SSSR count). The van der Waals surface area contributed by atoms with Crippen LogP contribution in [0.4, 0.5) is 5.69 Å². The molecule has 3 N–H and O–H groups in total. The molecular weight excluding hydrogens is 154 g/mol. The number of nitrogen functional groups attached to an aromatic ring is 1. The number of ketones is 1. The van der Waals surface area contributed by atoms with E-state index in [1.807, 2.05) is 0 Å². The van der Waals surface area contributed by atoms with Gasteiger partial charge in [0.15, 0.2) is 5.78 Å². The molecular formula is C9H11NO2. The minimum Gasteiger partial charge on any atom is -0.505 e. The van der Waals surface area contributed by atoms with Crippen molar-refractivity contribution in [2.45, 2.75) is 13.8 Å². The fourth-order valence-corrected chi connectivity index (χ4v) is 1.02. The van der Waals surface area contributed by atoms with Gasteiger partial charge in [-0.2, -0.15) is 0 Å². The summed E-state index contributed by atoms with van der Waals surface area (Å²) in [4.78, 5) is 10.9. The van der Waals surface area contributed by atoms with E-state index in [4.69, 9.17) is 5.73 Å². The molecule has 0 aliphatic carbocycles. The standard InChI is InChI=1S/C9H11NO2/c1-5-3-4-7(6(2)11)8(10)9(5)12/h3-4,12H,10H2,1-2H3. The molecule has 64 valence electrons. The van der Waals surface area contributed by atoms with Gasteiger partial charge >= 0.3 is 0 Å². The normalized spacial score (nSPS) is 9.83. The molecule has 3 heteroatoms. The highest BCUT2D eigenvalue weighted by atomic mass is 16.3. The topological polar surface area (TPSA) is 63.3 Å². The van der Waals surface area contributed by atoms with Crippen LogP contribution >= 0.6 is 0 Å². The molecule has 0 bridgehead atoms. The maximum Gasteiger partial charge on any atom is 0.162 e. The molecule has 0 aliphatic rings. The second-order valence-corrected chi connectivity index (χ2v) is 2.75. The predicted octanol–water partition coefficient (Wildman–Crippen LogP) is 1.49. The van der Waals surface area contributed by atoms with Crippen molar-refractivity contribution in [1.82, 2.24) is 0 Å². The first-order chi connectivity index (χ1) is 5.54. The van der Waals surface area contributed by atoms with Gasteiger partial charge in [-0.25, -0.2) is 0 Å². The molecule has 0 radical (unpaired) electrons. The molecule has 0 aliphatic heterocycles.